The molecule has 0 unspecified atom stereocenters. The summed E-state index contributed by atoms with van der Waals surface area (Å²) >= 11 is 0. The lowest BCUT2D eigenvalue weighted by atomic mass is 10.2. The fraction of sp³-hybridized carbons (Fsp3) is 0.708. The van der Waals surface area contributed by atoms with Crippen molar-refractivity contribution in [3.05, 3.63) is 11.6 Å². The monoisotopic (exact) mass is 504 g/mol. The largest absolute Gasteiger partial charge is 0.478 e. The molecule has 0 aromatic heterocycles. The molecular formula is C24H48N4O7. The Morgan fingerprint density at radius 2 is 1.43 bits per heavy atom. The van der Waals surface area contributed by atoms with Gasteiger partial charge in [0.15, 0.2) is 5.79 Å². The number of hydrogen-bond donors (Lipinski definition) is 3. The number of oxime groups is 1. The van der Waals surface area contributed by atoms with E-state index in [2.05, 4.69) is 25.8 Å². The number of amides is 2. The Morgan fingerprint density at radius 1 is 0.914 bits per heavy atom. The summed E-state index contributed by atoms with van der Waals surface area (Å²) in [5.41, 5.74) is 2.39. The number of carboxylic acids is 1. The van der Waals surface area contributed by atoms with Gasteiger partial charge in [0.25, 0.3) is 0 Å². The molecule has 0 aliphatic rings. The van der Waals surface area contributed by atoms with E-state index in [-0.39, 0.29) is 17.4 Å². The molecule has 3 N–H and O–H groups in total. The minimum atomic E-state index is -1.05. The van der Waals surface area contributed by atoms with Crippen LogP contribution in [0.5, 0.6) is 0 Å². The summed E-state index contributed by atoms with van der Waals surface area (Å²) in [7, 11) is 1.45. The Kier molecular flexibility index (Phi) is 32.9. The van der Waals surface area contributed by atoms with Crippen LogP contribution in [0, 0.1) is 0 Å². The third kappa shape index (κ3) is 38.8. The first-order chi connectivity index (χ1) is 16.4. The van der Waals surface area contributed by atoms with Crippen molar-refractivity contribution in [3.63, 3.8) is 0 Å². The van der Waals surface area contributed by atoms with Gasteiger partial charge in [-0.2, -0.15) is 5.10 Å². The standard InChI is InChI=1S/C7H11NO3.C7H16O2.C5H10N2O.C5H11NO/c1-3-5(7(10)11)4-6(9)8-2;1-5-8-7(3,4)9-6-2;1-3-4-6-7-5(2)8;1-3-5-6-7-4-2/h4H,3H2,1-2H3,(H,8,9)(H,10,11);5-6H2,1-4H3;4H,3H2,1-2H3,(H,7,8);5H,3-4H2,1-2H3/b5-4-;;6-4+;6-5+. The van der Waals surface area contributed by atoms with Gasteiger partial charge in [-0.15, -0.1) is 0 Å². The Hall–Kier alpha value is -2.79. The van der Waals surface area contributed by atoms with Crippen molar-refractivity contribution in [1.82, 2.24) is 10.7 Å². The highest BCUT2D eigenvalue weighted by atomic mass is 16.7. The Morgan fingerprint density at radius 3 is 1.74 bits per heavy atom. The van der Waals surface area contributed by atoms with Crippen LogP contribution in [0.15, 0.2) is 21.9 Å². The maximum Gasteiger partial charge on any atom is 0.331 e. The van der Waals surface area contributed by atoms with Crippen LogP contribution in [-0.2, 0) is 28.7 Å². The second-order valence-corrected chi connectivity index (χ2v) is 6.71. The highest BCUT2D eigenvalue weighted by molar-refractivity contribution is 5.97. The Balaban J connectivity index is -0.000000186. The summed E-state index contributed by atoms with van der Waals surface area (Å²) in [5, 5.41) is 17.9. The molecule has 0 spiro atoms. The third-order valence-corrected chi connectivity index (χ3v) is 3.15. The number of rotatable bonds is 12. The number of carboxylic acid groups (broad SMARTS) is 1. The zero-order chi connectivity index (χ0) is 28.1. The maximum absolute atomic E-state index is 10.6. The van der Waals surface area contributed by atoms with Gasteiger partial charge in [0.05, 0.1) is 0 Å². The van der Waals surface area contributed by atoms with Gasteiger partial charge in [-0.3, -0.25) is 9.59 Å². The van der Waals surface area contributed by atoms with E-state index in [4.69, 9.17) is 14.6 Å². The molecule has 35 heavy (non-hydrogen) atoms. The Labute approximate surface area is 211 Å². The zero-order valence-electron chi connectivity index (χ0n) is 23.3. The van der Waals surface area contributed by atoms with Gasteiger partial charge >= 0.3 is 5.97 Å². The van der Waals surface area contributed by atoms with E-state index in [0.717, 1.165) is 18.9 Å². The smallest absolute Gasteiger partial charge is 0.331 e. The van der Waals surface area contributed by atoms with E-state index in [1.165, 1.54) is 14.0 Å². The fourth-order valence-corrected chi connectivity index (χ4v) is 1.71. The number of nitrogens with zero attached hydrogens (tertiary/aromatic N) is 2. The van der Waals surface area contributed by atoms with Crippen molar-refractivity contribution in [3.8, 4) is 0 Å². The summed E-state index contributed by atoms with van der Waals surface area (Å²) < 4.78 is 10.5. The van der Waals surface area contributed by atoms with Gasteiger partial charge in [-0.25, -0.2) is 10.2 Å². The van der Waals surface area contributed by atoms with Crippen LogP contribution < -0.4 is 10.7 Å². The number of hydrazone groups is 1. The molecule has 2 amide bonds. The molecule has 11 heteroatoms. The van der Waals surface area contributed by atoms with Gasteiger partial charge in [0.2, 0.25) is 11.8 Å². The van der Waals surface area contributed by atoms with Crippen molar-refractivity contribution in [2.75, 3.05) is 26.9 Å². The molecule has 0 saturated carbocycles. The lowest BCUT2D eigenvalue weighted by Gasteiger charge is -2.23. The van der Waals surface area contributed by atoms with Crippen molar-refractivity contribution in [2.45, 2.75) is 87.4 Å². The van der Waals surface area contributed by atoms with Crippen molar-refractivity contribution in [1.29, 1.82) is 0 Å². The van der Waals surface area contributed by atoms with Gasteiger partial charge in [0, 0.05) is 51.3 Å². The lowest BCUT2D eigenvalue weighted by molar-refractivity contribution is -0.207. The van der Waals surface area contributed by atoms with E-state index in [0.29, 0.717) is 26.2 Å². The summed E-state index contributed by atoms with van der Waals surface area (Å²) in [6.45, 7) is 18.8. The number of hydrogen-bond acceptors (Lipinski definition) is 8. The molecule has 0 heterocycles. The summed E-state index contributed by atoms with van der Waals surface area (Å²) in [6.07, 6.45) is 6.61. The SMILES string of the molecule is CC/C(=C/C(=O)NC)C(=O)O.CC/C=N/NC(C)=O.CC/C=N/OCC.CCOC(C)(C)OCC. The number of ether oxygens (including phenoxy) is 2. The molecule has 0 bridgehead atoms. The number of likely N-dealkylation sites (N-methyl/N-ethyl adjacent to an activating group) is 1. The van der Waals surface area contributed by atoms with Crippen molar-refractivity contribution in [2.24, 2.45) is 10.3 Å². The molecule has 0 aliphatic heterocycles. The Bertz CT molecular complexity index is 611. The molecule has 0 rings (SSSR count). The maximum atomic E-state index is 10.6. The molecule has 0 saturated heterocycles. The molecular weight excluding hydrogens is 456 g/mol. The highest BCUT2D eigenvalue weighted by Gasteiger charge is 2.15. The topological polar surface area (TPSA) is 148 Å². The van der Waals surface area contributed by atoms with E-state index in [1.807, 2.05) is 48.5 Å². The molecule has 0 aromatic rings. The van der Waals surface area contributed by atoms with Gasteiger partial charge in [0.1, 0.15) is 6.61 Å². The van der Waals surface area contributed by atoms with Crippen molar-refractivity contribution >= 4 is 30.2 Å². The first-order valence-corrected chi connectivity index (χ1v) is 11.8. The van der Waals surface area contributed by atoms with E-state index in [9.17, 15) is 14.4 Å². The first-order valence-electron chi connectivity index (χ1n) is 11.8. The van der Waals surface area contributed by atoms with E-state index < -0.39 is 11.8 Å². The number of aliphatic carboxylic acids is 1. The van der Waals surface area contributed by atoms with Gasteiger partial charge in [-0.1, -0.05) is 25.9 Å². The van der Waals surface area contributed by atoms with Crippen molar-refractivity contribution < 1.29 is 33.8 Å². The van der Waals surface area contributed by atoms with Crippen LogP contribution >= 0.6 is 0 Å². The van der Waals surface area contributed by atoms with Gasteiger partial charge in [-0.05, 0) is 53.9 Å². The quantitative estimate of drug-likeness (QED) is 0.158. The van der Waals surface area contributed by atoms with Crippen LogP contribution in [-0.4, -0.2) is 68.0 Å². The number of carbonyl (C=O) groups excluding carboxylic acids is 2. The third-order valence-electron chi connectivity index (χ3n) is 3.15. The minimum absolute atomic E-state index is 0.115. The van der Waals surface area contributed by atoms with Crippen LogP contribution in [0.1, 0.15) is 81.6 Å². The van der Waals surface area contributed by atoms with Crippen LogP contribution in [0.4, 0.5) is 0 Å². The highest BCUT2D eigenvalue weighted by Crippen LogP contribution is 2.09. The predicted octanol–water partition coefficient (Wildman–Crippen LogP) is 3.89. The molecule has 11 nitrogen and oxygen atoms in total. The minimum Gasteiger partial charge on any atom is -0.478 e. The first kappa shape index (κ1) is 39.4. The molecule has 206 valence electrons. The van der Waals surface area contributed by atoms with Crippen LogP contribution in [0.25, 0.3) is 0 Å². The van der Waals surface area contributed by atoms with E-state index in [1.54, 1.807) is 19.4 Å². The van der Waals surface area contributed by atoms with Gasteiger partial charge < -0.3 is 24.7 Å². The number of nitrogens with one attached hydrogen (secondary N) is 2. The van der Waals surface area contributed by atoms with Crippen LogP contribution in [0.3, 0.4) is 0 Å². The molecule has 0 aliphatic carbocycles. The molecule has 0 atom stereocenters. The number of carbonyl (C=O) groups is 3. The zero-order valence-corrected chi connectivity index (χ0v) is 23.3. The van der Waals surface area contributed by atoms with Crippen LogP contribution in [0.2, 0.25) is 0 Å². The fourth-order valence-electron chi connectivity index (χ4n) is 1.71. The second-order valence-electron chi connectivity index (χ2n) is 6.71. The van der Waals surface area contributed by atoms with E-state index >= 15 is 0 Å². The summed E-state index contributed by atoms with van der Waals surface area (Å²) in [4.78, 5) is 35.7. The average molecular weight is 505 g/mol. The lowest BCUT2D eigenvalue weighted by Crippen LogP contribution is -2.28. The summed E-state index contributed by atoms with van der Waals surface area (Å²) in [6, 6.07) is 0. The molecule has 0 aromatic carbocycles. The predicted molar refractivity (Wildman–Crippen MR) is 140 cm³/mol. The average Bonchev–Trinajstić information content (AvgIpc) is 2.78. The normalized spacial score (nSPS) is 10.7. The summed E-state index contributed by atoms with van der Waals surface area (Å²) in [5.74, 6) is -1.96. The molecule has 0 fully saturated rings. The molecule has 0 radical (unpaired) electrons. The second kappa shape index (κ2) is 29.2.